The fourth-order valence-electron chi connectivity index (χ4n) is 2.38. The van der Waals surface area contributed by atoms with Gasteiger partial charge in [0.2, 0.25) is 5.91 Å². The van der Waals surface area contributed by atoms with Crippen molar-refractivity contribution in [2.75, 3.05) is 19.0 Å². The number of hydrogen-bond donors (Lipinski definition) is 1. The molecule has 1 unspecified atom stereocenters. The van der Waals surface area contributed by atoms with Gasteiger partial charge in [-0.25, -0.2) is 0 Å². The van der Waals surface area contributed by atoms with Crippen LogP contribution in [0.25, 0.3) is 0 Å². The van der Waals surface area contributed by atoms with Crippen molar-refractivity contribution >= 4 is 29.3 Å². The lowest BCUT2D eigenvalue weighted by atomic mass is 10.1. The standard InChI is InChI=1S/C20H24ClNO3S/c1-4-24-18-11-6-15(12-19(18)25-5-2)14(3)22-20(23)13-26-17-9-7-16(21)8-10-17/h6-12,14H,4-5,13H2,1-3H3,(H,22,23). The molecule has 4 nitrogen and oxygen atoms in total. The van der Waals surface area contributed by atoms with Gasteiger partial charge in [-0.05, 0) is 62.7 Å². The first-order valence-electron chi connectivity index (χ1n) is 8.60. The van der Waals surface area contributed by atoms with E-state index in [1.165, 1.54) is 11.8 Å². The Hall–Kier alpha value is -1.85. The van der Waals surface area contributed by atoms with E-state index in [0.29, 0.717) is 29.7 Å². The number of ether oxygens (including phenoxy) is 2. The monoisotopic (exact) mass is 393 g/mol. The highest BCUT2D eigenvalue weighted by Gasteiger charge is 2.13. The SMILES string of the molecule is CCOc1ccc(C(C)NC(=O)CSc2ccc(Cl)cc2)cc1OCC. The Labute approximate surface area is 164 Å². The van der Waals surface area contributed by atoms with Gasteiger partial charge >= 0.3 is 0 Å². The summed E-state index contributed by atoms with van der Waals surface area (Å²) in [5.74, 6) is 1.74. The molecule has 0 spiro atoms. The predicted octanol–water partition coefficient (Wildman–Crippen LogP) is 5.11. The van der Waals surface area contributed by atoms with Crippen LogP contribution >= 0.6 is 23.4 Å². The molecule has 1 amide bonds. The lowest BCUT2D eigenvalue weighted by Crippen LogP contribution is -2.28. The van der Waals surface area contributed by atoms with E-state index in [9.17, 15) is 4.79 Å². The molecule has 0 aromatic heterocycles. The quantitative estimate of drug-likeness (QED) is 0.601. The molecule has 0 aliphatic carbocycles. The first-order valence-corrected chi connectivity index (χ1v) is 9.97. The second kappa shape index (κ2) is 10.3. The highest BCUT2D eigenvalue weighted by Crippen LogP contribution is 2.30. The van der Waals surface area contributed by atoms with Crippen LogP contribution < -0.4 is 14.8 Å². The number of nitrogens with one attached hydrogen (secondary N) is 1. The second-order valence-corrected chi connectivity index (χ2v) is 7.09. The van der Waals surface area contributed by atoms with E-state index in [0.717, 1.165) is 16.2 Å². The van der Waals surface area contributed by atoms with Gasteiger partial charge in [0.05, 0.1) is 25.0 Å². The molecule has 0 aliphatic heterocycles. The summed E-state index contributed by atoms with van der Waals surface area (Å²) in [6.45, 7) is 6.96. The third-order valence-corrected chi connectivity index (χ3v) is 4.89. The molecule has 0 bridgehead atoms. The van der Waals surface area contributed by atoms with Gasteiger partial charge in [0.25, 0.3) is 0 Å². The van der Waals surface area contributed by atoms with Gasteiger partial charge in [0, 0.05) is 9.92 Å². The van der Waals surface area contributed by atoms with Crippen molar-refractivity contribution in [3.8, 4) is 11.5 Å². The summed E-state index contributed by atoms with van der Waals surface area (Å²) in [4.78, 5) is 13.2. The van der Waals surface area contributed by atoms with Crippen molar-refractivity contribution < 1.29 is 14.3 Å². The molecule has 0 fully saturated rings. The van der Waals surface area contributed by atoms with Crippen molar-refractivity contribution in [2.24, 2.45) is 0 Å². The van der Waals surface area contributed by atoms with E-state index in [-0.39, 0.29) is 11.9 Å². The first-order chi connectivity index (χ1) is 12.5. The normalized spacial score (nSPS) is 11.7. The molecule has 2 rings (SSSR count). The zero-order valence-corrected chi connectivity index (χ0v) is 16.8. The van der Waals surface area contributed by atoms with Crippen LogP contribution in [0.5, 0.6) is 11.5 Å². The highest BCUT2D eigenvalue weighted by atomic mass is 35.5. The van der Waals surface area contributed by atoms with E-state index < -0.39 is 0 Å². The maximum Gasteiger partial charge on any atom is 0.230 e. The lowest BCUT2D eigenvalue weighted by Gasteiger charge is -2.17. The Morgan fingerprint density at radius 3 is 2.38 bits per heavy atom. The molecule has 26 heavy (non-hydrogen) atoms. The van der Waals surface area contributed by atoms with Gasteiger partial charge in [0.15, 0.2) is 11.5 Å². The second-order valence-electron chi connectivity index (χ2n) is 5.60. The van der Waals surface area contributed by atoms with E-state index in [1.807, 2.05) is 63.2 Å². The van der Waals surface area contributed by atoms with Crippen molar-refractivity contribution in [3.05, 3.63) is 53.1 Å². The maximum atomic E-state index is 12.2. The van der Waals surface area contributed by atoms with Crippen LogP contribution in [0.15, 0.2) is 47.4 Å². The van der Waals surface area contributed by atoms with Gasteiger partial charge in [-0.1, -0.05) is 17.7 Å². The van der Waals surface area contributed by atoms with Gasteiger partial charge in [-0.15, -0.1) is 11.8 Å². The molecule has 0 radical (unpaired) electrons. The number of benzene rings is 2. The summed E-state index contributed by atoms with van der Waals surface area (Å²) in [5, 5.41) is 3.70. The Balaban J connectivity index is 1.95. The van der Waals surface area contributed by atoms with Crippen LogP contribution in [0.2, 0.25) is 5.02 Å². The van der Waals surface area contributed by atoms with Crippen LogP contribution in [-0.2, 0) is 4.79 Å². The van der Waals surface area contributed by atoms with Crippen LogP contribution in [0.1, 0.15) is 32.4 Å². The van der Waals surface area contributed by atoms with E-state index in [2.05, 4.69) is 5.32 Å². The van der Waals surface area contributed by atoms with Crippen molar-refractivity contribution in [1.29, 1.82) is 0 Å². The maximum absolute atomic E-state index is 12.2. The topological polar surface area (TPSA) is 47.6 Å². The van der Waals surface area contributed by atoms with Gasteiger partial charge in [-0.2, -0.15) is 0 Å². The van der Waals surface area contributed by atoms with Crippen molar-refractivity contribution in [3.63, 3.8) is 0 Å². The van der Waals surface area contributed by atoms with Gasteiger partial charge < -0.3 is 14.8 Å². The van der Waals surface area contributed by atoms with Crippen LogP contribution in [0.3, 0.4) is 0 Å². The Bertz CT molecular complexity index is 721. The Kier molecular flexibility index (Phi) is 8.13. The molecule has 0 saturated heterocycles. The third kappa shape index (κ3) is 6.15. The average molecular weight is 394 g/mol. The molecule has 1 N–H and O–H groups in total. The predicted molar refractivity (Wildman–Crippen MR) is 108 cm³/mol. The van der Waals surface area contributed by atoms with Crippen LogP contribution in [0.4, 0.5) is 0 Å². The number of thioether (sulfide) groups is 1. The summed E-state index contributed by atoms with van der Waals surface area (Å²) in [7, 11) is 0. The molecule has 6 heteroatoms. The van der Waals surface area contributed by atoms with Crippen molar-refractivity contribution in [2.45, 2.75) is 31.7 Å². The number of hydrogen-bond acceptors (Lipinski definition) is 4. The van der Waals surface area contributed by atoms with Gasteiger partial charge in [0.1, 0.15) is 0 Å². The number of amides is 1. The molecule has 0 aliphatic rings. The first kappa shape index (κ1) is 20.5. The zero-order chi connectivity index (χ0) is 18.9. The number of rotatable bonds is 9. The molecule has 140 valence electrons. The van der Waals surface area contributed by atoms with E-state index in [1.54, 1.807) is 0 Å². The van der Waals surface area contributed by atoms with E-state index >= 15 is 0 Å². The zero-order valence-electron chi connectivity index (χ0n) is 15.3. The summed E-state index contributed by atoms with van der Waals surface area (Å²) >= 11 is 7.35. The summed E-state index contributed by atoms with van der Waals surface area (Å²) in [6.07, 6.45) is 0. The number of halogens is 1. The average Bonchev–Trinajstić information content (AvgIpc) is 2.63. The molecule has 0 heterocycles. The van der Waals surface area contributed by atoms with Gasteiger partial charge in [-0.3, -0.25) is 4.79 Å². The fourth-order valence-corrected chi connectivity index (χ4v) is 3.22. The molecule has 2 aromatic carbocycles. The van der Waals surface area contributed by atoms with Crippen molar-refractivity contribution in [1.82, 2.24) is 5.32 Å². The molecule has 1 atom stereocenters. The minimum atomic E-state index is -0.122. The lowest BCUT2D eigenvalue weighted by molar-refractivity contribution is -0.119. The molecule has 0 saturated carbocycles. The van der Waals surface area contributed by atoms with Crippen LogP contribution in [0, 0.1) is 0 Å². The highest BCUT2D eigenvalue weighted by molar-refractivity contribution is 8.00. The molecule has 2 aromatic rings. The summed E-state index contributed by atoms with van der Waals surface area (Å²) < 4.78 is 11.2. The minimum absolute atomic E-state index is 0.0238. The molecular weight excluding hydrogens is 370 g/mol. The summed E-state index contributed by atoms with van der Waals surface area (Å²) in [6, 6.07) is 13.1. The Morgan fingerprint density at radius 1 is 1.08 bits per heavy atom. The summed E-state index contributed by atoms with van der Waals surface area (Å²) in [5.41, 5.74) is 0.974. The largest absolute Gasteiger partial charge is 0.490 e. The fraction of sp³-hybridized carbons (Fsp3) is 0.350. The Morgan fingerprint density at radius 2 is 1.73 bits per heavy atom. The van der Waals surface area contributed by atoms with Crippen LogP contribution in [-0.4, -0.2) is 24.9 Å². The number of carbonyl (C=O) groups is 1. The third-order valence-electron chi connectivity index (χ3n) is 3.63. The van der Waals surface area contributed by atoms with E-state index in [4.69, 9.17) is 21.1 Å². The molecular formula is C20H24ClNO3S. The minimum Gasteiger partial charge on any atom is -0.490 e. The number of carbonyl (C=O) groups excluding carboxylic acids is 1. The smallest absolute Gasteiger partial charge is 0.230 e.